The van der Waals surface area contributed by atoms with Crippen molar-refractivity contribution in [2.45, 2.75) is 38.8 Å². The lowest BCUT2D eigenvalue weighted by atomic mass is 10.2. The highest BCUT2D eigenvalue weighted by Crippen LogP contribution is 2.25. The number of nitrogens with two attached hydrogens (primary N) is 1. The van der Waals surface area contributed by atoms with E-state index in [0.717, 1.165) is 18.4 Å². The lowest BCUT2D eigenvalue weighted by Gasteiger charge is -2.16. The molecule has 1 atom stereocenters. The summed E-state index contributed by atoms with van der Waals surface area (Å²) < 4.78 is 5.58. The number of hydrogen-bond donors (Lipinski definition) is 2. The van der Waals surface area contributed by atoms with Crippen LogP contribution in [0.3, 0.4) is 0 Å². The maximum Gasteiger partial charge on any atom is 0.260 e. The van der Waals surface area contributed by atoms with Crippen molar-refractivity contribution in [3.8, 4) is 5.75 Å². The molecule has 17 heavy (non-hydrogen) atoms. The van der Waals surface area contributed by atoms with Crippen LogP contribution in [0.4, 0.5) is 5.69 Å². The summed E-state index contributed by atoms with van der Waals surface area (Å²) in [5.41, 5.74) is 7.44. The molecule has 2 rings (SSSR count). The van der Waals surface area contributed by atoms with E-state index in [2.05, 4.69) is 5.32 Å². The first-order valence-corrected chi connectivity index (χ1v) is 5.90. The zero-order valence-electron chi connectivity index (χ0n) is 10.2. The molecule has 1 amide bonds. The first-order valence-electron chi connectivity index (χ1n) is 5.90. The van der Waals surface area contributed by atoms with Gasteiger partial charge in [-0.3, -0.25) is 4.79 Å². The van der Waals surface area contributed by atoms with Gasteiger partial charge in [0.1, 0.15) is 5.75 Å². The second-order valence-corrected chi connectivity index (χ2v) is 4.53. The number of ether oxygens (including phenoxy) is 1. The van der Waals surface area contributed by atoms with Crippen molar-refractivity contribution < 1.29 is 9.53 Å². The fraction of sp³-hybridized carbons (Fsp3) is 0.462. The van der Waals surface area contributed by atoms with Crippen molar-refractivity contribution in [2.24, 2.45) is 0 Å². The molecule has 1 aliphatic rings. The number of rotatable bonds is 4. The number of hydrogen-bond acceptors (Lipinski definition) is 3. The second kappa shape index (κ2) is 4.65. The van der Waals surface area contributed by atoms with E-state index in [1.54, 1.807) is 13.0 Å². The summed E-state index contributed by atoms with van der Waals surface area (Å²) >= 11 is 0. The highest BCUT2D eigenvalue weighted by atomic mass is 16.5. The van der Waals surface area contributed by atoms with Crippen LogP contribution in [0.1, 0.15) is 25.3 Å². The number of anilines is 1. The summed E-state index contributed by atoms with van der Waals surface area (Å²) in [5, 5.41) is 2.90. The summed E-state index contributed by atoms with van der Waals surface area (Å²) in [6.45, 7) is 3.65. The molecule has 0 bridgehead atoms. The molecule has 1 saturated carbocycles. The van der Waals surface area contributed by atoms with Crippen LogP contribution in [0.15, 0.2) is 18.2 Å². The van der Waals surface area contributed by atoms with Crippen LogP contribution in [0.2, 0.25) is 0 Å². The molecule has 4 heteroatoms. The molecule has 0 radical (unpaired) electrons. The number of carbonyl (C=O) groups excluding carboxylic acids is 1. The molecule has 0 spiro atoms. The van der Waals surface area contributed by atoms with Crippen LogP contribution in [0.25, 0.3) is 0 Å². The molecule has 0 aromatic heterocycles. The topological polar surface area (TPSA) is 64.3 Å². The smallest absolute Gasteiger partial charge is 0.260 e. The number of amides is 1. The van der Waals surface area contributed by atoms with Crippen LogP contribution in [-0.4, -0.2) is 18.1 Å². The number of nitrogens with one attached hydrogen (secondary N) is 1. The van der Waals surface area contributed by atoms with Gasteiger partial charge in [0.15, 0.2) is 6.10 Å². The first kappa shape index (κ1) is 11.8. The van der Waals surface area contributed by atoms with E-state index in [0.29, 0.717) is 17.5 Å². The van der Waals surface area contributed by atoms with Gasteiger partial charge in [-0.25, -0.2) is 0 Å². The average Bonchev–Trinajstić information content (AvgIpc) is 3.08. The Morgan fingerprint density at radius 3 is 2.88 bits per heavy atom. The van der Waals surface area contributed by atoms with Gasteiger partial charge in [-0.2, -0.15) is 0 Å². The largest absolute Gasteiger partial charge is 0.479 e. The van der Waals surface area contributed by atoms with Crippen LogP contribution in [-0.2, 0) is 4.79 Å². The fourth-order valence-corrected chi connectivity index (χ4v) is 1.55. The van der Waals surface area contributed by atoms with E-state index in [9.17, 15) is 4.79 Å². The van der Waals surface area contributed by atoms with Gasteiger partial charge in [0, 0.05) is 6.04 Å². The standard InChI is InChI=1S/C13H18N2O2/c1-8-4-3-5-11(12(8)14)17-9(2)13(16)15-10-6-7-10/h3-5,9-10H,6-7,14H2,1-2H3,(H,15,16). The SMILES string of the molecule is Cc1cccc(OC(C)C(=O)NC2CC2)c1N. The van der Waals surface area contributed by atoms with Crippen molar-refractivity contribution in [2.75, 3.05) is 5.73 Å². The highest BCUT2D eigenvalue weighted by molar-refractivity contribution is 5.81. The van der Waals surface area contributed by atoms with Gasteiger partial charge in [0.2, 0.25) is 0 Å². The van der Waals surface area contributed by atoms with Gasteiger partial charge in [-0.05, 0) is 38.3 Å². The molecule has 1 fully saturated rings. The fourth-order valence-electron chi connectivity index (χ4n) is 1.55. The summed E-state index contributed by atoms with van der Waals surface area (Å²) in [6, 6.07) is 5.91. The zero-order valence-corrected chi connectivity index (χ0v) is 10.2. The van der Waals surface area contributed by atoms with Crippen molar-refractivity contribution in [1.29, 1.82) is 0 Å². The Morgan fingerprint density at radius 1 is 1.53 bits per heavy atom. The summed E-state index contributed by atoms with van der Waals surface area (Å²) in [4.78, 5) is 11.7. The number of carbonyl (C=O) groups is 1. The monoisotopic (exact) mass is 234 g/mol. The molecule has 1 aromatic carbocycles. The molecule has 0 aliphatic heterocycles. The number of aryl methyl sites for hydroxylation is 1. The average molecular weight is 234 g/mol. The van der Waals surface area contributed by atoms with Crippen LogP contribution in [0, 0.1) is 6.92 Å². The predicted molar refractivity (Wildman–Crippen MR) is 66.8 cm³/mol. The Bertz CT molecular complexity index is 427. The summed E-state index contributed by atoms with van der Waals surface area (Å²) in [5.74, 6) is 0.497. The van der Waals surface area contributed by atoms with E-state index in [-0.39, 0.29) is 5.91 Å². The Morgan fingerprint density at radius 2 is 2.24 bits per heavy atom. The van der Waals surface area contributed by atoms with E-state index < -0.39 is 6.10 Å². The molecule has 1 aromatic rings. The lowest BCUT2D eigenvalue weighted by Crippen LogP contribution is -2.37. The summed E-state index contributed by atoms with van der Waals surface area (Å²) in [7, 11) is 0. The third-order valence-electron chi connectivity index (χ3n) is 2.88. The predicted octanol–water partition coefficient (Wildman–Crippen LogP) is 1.62. The van der Waals surface area contributed by atoms with E-state index >= 15 is 0 Å². The van der Waals surface area contributed by atoms with Crippen molar-refractivity contribution in [3.63, 3.8) is 0 Å². The normalized spacial score (nSPS) is 16.4. The Kier molecular flexibility index (Phi) is 3.22. The third-order valence-corrected chi connectivity index (χ3v) is 2.88. The number of para-hydroxylation sites is 1. The van der Waals surface area contributed by atoms with Crippen LogP contribution >= 0.6 is 0 Å². The minimum absolute atomic E-state index is 0.0755. The van der Waals surface area contributed by atoms with Crippen LogP contribution < -0.4 is 15.8 Å². The molecule has 0 saturated heterocycles. The second-order valence-electron chi connectivity index (χ2n) is 4.53. The van der Waals surface area contributed by atoms with Crippen molar-refractivity contribution >= 4 is 11.6 Å². The third kappa shape index (κ3) is 2.90. The Labute approximate surface area is 101 Å². The Balaban J connectivity index is 1.99. The molecule has 1 aliphatic carbocycles. The minimum Gasteiger partial charge on any atom is -0.479 e. The molecule has 92 valence electrons. The van der Waals surface area contributed by atoms with Gasteiger partial charge in [0.25, 0.3) is 5.91 Å². The van der Waals surface area contributed by atoms with Gasteiger partial charge in [0.05, 0.1) is 5.69 Å². The van der Waals surface area contributed by atoms with E-state index in [1.165, 1.54) is 0 Å². The van der Waals surface area contributed by atoms with Gasteiger partial charge in [-0.1, -0.05) is 12.1 Å². The van der Waals surface area contributed by atoms with Crippen molar-refractivity contribution in [1.82, 2.24) is 5.32 Å². The molecule has 4 nitrogen and oxygen atoms in total. The maximum atomic E-state index is 11.7. The lowest BCUT2D eigenvalue weighted by molar-refractivity contribution is -0.127. The van der Waals surface area contributed by atoms with Crippen LogP contribution in [0.5, 0.6) is 5.75 Å². The maximum absolute atomic E-state index is 11.7. The number of nitrogen functional groups attached to an aromatic ring is 1. The van der Waals surface area contributed by atoms with Crippen molar-refractivity contribution in [3.05, 3.63) is 23.8 Å². The van der Waals surface area contributed by atoms with Gasteiger partial charge >= 0.3 is 0 Å². The quantitative estimate of drug-likeness (QED) is 0.778. The number of benzene rings is 1. The molecule has 3 N–H and O–H groups in total. The van der Waals surface area contributed by atoms with E-state index in [4.69, 9.17) is 10.5 Å². The molecular weight excluding hydrogens is 216 g/mol. The van der Waals surface area contributed by atoms with E-state index in [1.807, 2.05) is 19.1 Å². The van der Waals surface area contributed by atoms with Gasteiger partial charge < -0.3 is 15.8 Å². The van der Waals surface area contributed by atoms with Gasteiger partial charge in [-0.15, -0.1) is 0 Å². The summed E-state index contributed by atoms with van der Waals surface area (Å²) in [6.07, 6.45) is 1.63. The minimum atomic E-state index is -0.514. The molecule has 0 heterocycles. The molecular formula is C13H18N2O2. The Hall–Kier alpha value is -1.71. The highest BCUT2D eigenvalue weighted by Gasteiger charge is 2.26. The first-order chi connectivity index (χ1) is 8.08. The molecule has 1 unspecified atom stereocenters. The zero-order chi connectivity index (χ0) is 12.4.